The number of aliphatic hydroxyl groups excluding tert-OH is 1. The molecule has 2 heterocycles. The Morgan fingerprint density at radius 3 is 3.20 bits per heavy atom. The molecule has 2 unspecified atom stereocenters. The summed E-state index contributed by atoms with van der Waals surface area (Å²) in [5, 5.41) is 12.5. The lowest BCUT2D eigenvalue weighted by molar-refractivity contribution is -0.0667. The Kier molecular flexibility index (Phi) is 3.63. The summed E-state index contributed by atoms with van der Waals surface area (Å²) in [6.07, 6.45) is 0.743. The van der Waals surface area contributed by atoms with Crippen LogP contribution < -0.4 is 5.32 Å². The number of anilines is 1. The Hall–Kier alpha value is -1.59. The molecule has 0 spiro atoms. The summed E-state index contributed by atoms with van der Waals surface area (Å²) in [7, 11) is 0. The van der Waals surface area contributed by atoms with E-state index >= 15 is 0 Å². The number of aliphatic hydroxyl groups is 1. The Bertz CT molecular complexity index is 518. The first-order chi connectivity index (χ1) is 9.69. The molecule has 2 N–H and O–H groups in total. The van der Waals surface area contributed by atoms with E-state index in [0.29, 0.717) is 18.7 Å². The molecule has 0 bridgehead atoms. The normalized spacial score (nSPS) is 25.2. The molecule has 0 aliphatic carbocycles. The van der Waals surface area contributed by atoms with Crippen molar-refractivity contribution in [3.63, 3.8) is 0 Å². The molecule has 108 valence electrons. The van der Waals surface area contributed by atoms with Gasteiger partial charge in [-0.05, 0) is 31.0 Å². The van der Waals surface area contributed by atoms with Crippen molar-refractivity contribution in [3.8, 4) is 0 Å². The Morgan fingerprint density at radius 1 is 1.55 bits per heavy atom. The number of carbonyl (C=O) groups excluding carboxylic acids is 1. The van der Waals surface area contributed by atoms with E-state index in [9.17, 15) is 9.90 Å². The average Bonchev–Trinajstić information content (AvgIpc) is 2.94. The minimum Gasteiger partial charge on any atom is -0.394 e. The zero-order chi connectivity index (χ0) is 14.1. The van der Waals surface area contributed by atoms with Gasteiger partial charge in [-0.15, -0.1) is 0 Å². The molecular formula is C15H20N2O3. The highest BCUT2D eigenvalue weighted by Gasteiger charge is 2.30. The highest BCUT2D eigenvalue weighted by atomic mass is 16.5. The summed E-state index contributed by atoms with van der Waals surface area (Å²) in [4.78, 5) is 14.4. The number of ether oxygens (including phenoxy) is 1. The van der Waals surface area contributed by atoms with Gasteiger partial charge in [-0.25, -0.2) is 0 Å². The number of benzene rings is 1. The molecule has 1 saturated heterocycles. The highest BCUT2D eigenvalue weighted by molar-refractivity contribution is 5.95. The van der Waals surface area contributed by atoms with Crippen LogP contribution >= 0.6 is 0 Å². The molecule has 0 aromatic heterocycles. The minimum atomic E-state index is -0.275. The molecule has 1 aromatic rings. The van der Waals surface area contributed by atoms with Gasteiger partial charge in [0.15, 0.2) is 0 Å². The molecule has 2 aliphatic rings. The number of hydrogen-bond donors (Lipinski definition) is 2. The molecule has 5 heteroatoms. The van der Waals surface area contributed by atoms with Crippen LogP contribution in [0.3, 0.4) is 0 Å². The van der Waals surface area contributed by atoms with Gasteiger partial charge in [0, 0.05) is 24.3 Å². The van der Waals surface area contributed by atoms with Crippen molar-refractivity contribution in [2.24, 2.45) is 0 Å². The van der Waals surface area contributed by atoms with Crippen LogP contribution in [0, 0.1) is 0 Å². The van der Waals surface area contributed by atoms with Gasteiger partial charge in [0.1, 0.15) is 0 Å². The zero-order valence-corrected chi connectivity index (χ0v) is 11.6. The largest absolute Gasteiger partial charge is 0.394 e. The molecule has 3 rings (SSSR count). The zero-order valence-electron chi connectivity index (χ0n) is 11.6. The van der Waals surface area contributed by atoms with Gasteiger partial charge in [0.2, 0.25) is 0 Å². The molecule has 0 saturated carbocycles. The molecule has 2 aliphatic heterocycles. The van der Waals surface area contributed by atoms with Gasteiger partial charge in [-0.2, -0.15) is 0 Å². The Labute approximate surface area is 118 Å². The third-order valence-corrected chi connectivity index (χ3v) is 4.04. The lowest BCUT2D eigenvalue weighted by Crippen LogP contribution is -2.52. The Morgan fingerprint density at radius 2 is 2.40 bits per heavy atom. The molecule has 0 radical (unpaired) electrons. The number of carbonyl (C=O) groups is 1. The van der Waals surface area contributed by atoms with Crippen molar-refractivity contribution in [1.29, 1.82) is 0 Å². The highest BCUT2D eigenvalue weighted by Crippen LogP contribution is 2.25. The van der Waals surface area contributed by atoms with Crippen LogP contribution in [-0.4, -0.2) is 54.4 Å². The second kappa shape index (κ2) is 5.42. The van der Waals surface area contributed by atoms with E-state index in [2.05, 4.69) is 5.32 Å². The van der Waals surface area contributed by atoms with Crippen molar-refractivity contribution in [1.82, 2.24) is 4.90 Å². The van der Waals surface area contributed by atoms with Crippen molar-refractivity contribution in [3.05, 3.63) is 29.3 Å². The predicted molar refractivity (Wildman–Crippen MR) is 76.0 cm³/mol. The third-order valence-electron chi connectivity index (χ3n) is 4.04. The quantitative estimate of drug-likeness (QED) is 0.841. The van der Waals surface area contributed by atoms with Crippen LogP contribution in [0.25, 0.3) is 0 Å². The van der Waals surface area contributed by atoms with E-state index in [1.54, 1.807) is 4.90 Å². The maximum absolute atomic E-state index is 12.6. The van der Waals surface area contributed by atoms with Gasteiger partial charge in [-0.3, -0.25) is 4.79 Å². The molecule has 1 amide bonds. The van der Waals surface area contributed by atoms with E-state index in [-0.39, 0.29) is 24.7 Å². The van der Waals surface area contributed by atoms with Crippen LogP contribution in [0.15, 0.2) is 18.2 Å². The van der Waals surface area contributed by atoms with E-state index in [0.717, 1.165) is 18.7 Å². The summed E-state index contributed by atoms with van der Waals surface area (Å²) in [6.45, 7) is 3.77. The van der Waals surface area contributed by atoms with Gasteiger partial charge in [0.25, 0.3) is 5.91 Å². The standard InChI is InChI=1S/C15H20N2O3/c1-10-9-20-13(8-18)7-17(10)15(19)12-3-2-11-4-5-16-14(11)6-12/h2-3,6,10,13,16,18H,4-5,7-9H2,1H3. The summed E-state index contributed by atoms with van der Waals surface area (Å²) >= 11 is 0. The molecule has 1 aromatic carbocycles. The molecular weight excluding hydrogens is 256 g/mol. The number of fused-ring (bicyclic) bond motifs is 1. The van der Waals surface area contributed by atoms with Crippen LogP contribution in [0.2, 0.25) is 0 Å². The second-order valence-corrected chi connectivity index (χ2v) is 5.49. The van der Waals surface area contributed by atoms with Gasteiger partial charge < -0.3 is 20.1 Å². The summed E-state index contributed by atoms with van der Waals surface area (Å²) in [5.74, 6) is 0.00995. The topological polar surface area (TPSA) is 61.8 Å². The number of rotatable bonds is 2. The van der Waals surface area contributed by atoms with Gasteiger partial charge >= 0.3 is 0 Å². The summed E-state index contributed by atoms with van der Waals surface area (Å²) in [6, 6.07) is 5.88. The first kappa shape index (κ1) is 13.4. The monoisotopic (exact) mass is 276 g/mol. The van der Waals surface area contributed by atoms with Crippen LogP contribution in [0.4, 0.5) is 5.69 Å². The van der Waals surface area contributed by atoms with E-state index in [1.807, 2.05) is 25.1 Å². The van der Waals surface area contributed by atoms with Crippen LogP contribution in [0.1, 0.15) is 22.8 Å². The first-order valence-electron chi connectivity index (χ1n) is 7.09. The number of amides is 1. The second-order valence-electron chi connectivity index (χ2n) is 5.49. The molecule has 2 atom stereocenters. The minimum absolute atomic E-state index is 0.00995. The maximum Gasteiger partial charge on any atom is 0.254 e. The summed E-state index contributed by atoms with van der Waals surface area (Å²) < 4.78 is 5.47. The number of morpholine rings is 1. The molecule has 1 fully saturated rings. The lowest BCUT2D eigenvalue weighted by atomic mass is 10.1. The number of nitrogens with one attached hydrogen (secondary N) is 1. The van der Waals surface area contributed by atoms with Crippen LogP contribution in [0.5, 0.6) is 0 Å². The van der Waals surface area contributed by atoms with Gasteiger partial charge in [-0.1, -0.05) is 6.07 Å². The SMILES string of the molecule is CC1COC(CO)CN1C(=O)c1ccc2c(c1)NCC2. The fraction of sp³-hybridized carbons (Fsp3) is 0.533. The van der Waals surface area contributed by atoms with Crippen molar-refractivity contribution in [2.45, 2.75) is 25.5 Å². The maximum atomic E-state index is 12.6. The number of nitrogens with zero attached hydrogens (tertiary/aromatic N) is 1. The smallest absolute Gasteiger partial charge is 0.254 e. The Balaban J connectivity index is 1.80. The summed E-state index contributed by atoms with van der Waals surface area (Å²) in [5.41, 5.74) is 3.03. The van der Waals surface area contributed by atoms with Crippen molar-refractivity contribution >= 4 is 11.6 Å². The molecule has 20 heavy (non-hydrogen) atoms. The van der Waals surface area contributed by atoms with Crippen molar-refractivity contribution in [2.75, 3.05) is 31.6 Å². The fourth-order valence-corrected chi connectivity index (χ4v) is 2.80. The fourth-order valence-electron chi connectivity index (χ4n) is 2.80. The van der Waals surface area contributed by atoms with Gasteiger partial charge in [0.05, 0.1) is 25.4 Å². The third kappa shape index (κ3) is 2.39. The lowest BCUT2D eigenvalue weighted by Gasteiger charge is -2.37. The van der Waals surface area contributed by atoms with E-state index < -0.39 is 0 Å². The number of hydrogen-bond acceptors (Lipinski definition) is 4. The first-order valence-corrected chi connectivity index (χ1v) is 7.09. The van der Waals surface area contributed by atoms with Crippen molar-refractivity contribution < 1.29 is 14.6 Å². The van der Waals surface area contributed by atoms with E-state index in [1.165, 1.54) is 5.56 Å². The van der Waals surface area contributed by atoms with E-state index in [4.69, 9.17) is 4.74 Å². The average molecular weight is 276 g/mol. The predicted octanol–water partition coefficient (Wildman–Crippen LogP) is 0.876. The van der Waals surface area contributed by atoms with Crippen LogP contribution in [-0.2, 0) is 11.2 Å². The molecule has 5 nitrogen and oxygen atoms in total.